The zero-order valence-corrected chi connectivity index (χ0v) is 20.6. The Hall–Kier alpha value is -3.03. The first kappa shape index (κ1) is 32.5. The maximum absolute atomic E-state index is 17.3. The topological polar surface area (TPSA) is 0 Å². The van der Waals surface area contributed by atoms with Gasteiger partial charge in [-0.15, -0.1) is 0 Å². The standard InChI is InChI=1S/C24H12F16P/c1-11-2-12(20(25,26)27)6-17(3-11)41(40,18-7-13(21(28,29)30)4-14(8-18)22(31,32)33)19-9-15(23(34,35)36)5-16(10-19)24(37,38)39/h2-10H,1H3/q+1. The molecule has 0 radical (unpaired) electrons. The summed E-state index contributed by atoms with van der Waals surface area (Å²) in [6.45, 7) is 0.893. The molecular formula is C24H12F16P+. The van der Waals surface area contributed by atoms with Gasteiger partial charge in [0.05, 0.1) is 27.8 Å². The molecule has 224 valence electrons. The average molecular weight is 635 g/mol. The Morgan fingerprint density at radius 2 is 0.585 bits per heavy atom. The van der Waals surface area contributed by atoms with Crippen LogP contribution in [-0.4, -0.2) is 0 Å². The molecule has 0 nitrogen and oxygen atoms in total. The highest BCUT2D eigenvalue weighted by Crippen LogP contribution is 2.59. The number of benzene rings is 3. The molecule has 0 N–H and O–H groups in total. The molecule has 3 rings (SSSR count). The van der Waals surface area contributed by atoms with E-state index in [1.807, 2.05) is 0 Å². The minimum Gasteiger partial charge on any atom is -0.166 e. The van der Waals surface area contributed by atoms with Crippen molar-refractivity contribution < 1.29 is 70.1 Å². The van der Waals surface area contributed by atoms with Crippen LogP contribution in [0, 0.1) is 6.92 Å². The van der Waals surface area contributed by atoms with Gasteiger partial charge in [0.15, 0.2) is 0 Å². The van der Waals surface area contributed by atoms with E-state index in [4.69, 9.17) is 0 Å². The largest absolute Gasteiger partial charge is 0.416 e. The van der Waals surface area contributed by atoms with Gasteiger partial charge >= 0.3 is 30.9 Å². The highest BCUT2D eigenvalue weighted by molar-refractivity contribution is 7.91. The average Bonchev–Trinajstić information content (AvgIpc) is 2.79. The molecule has 41 heavy (non-hydrogen) atoms. The summed E-state index contributed by atoms with van der Waals surface area (Å²) >= 11 is 0. The van der Waals surface area contributed by atoms with Crippen molar-refractivity contribution in [1.82, 2.24) is 0 Å². The van der Waals surface area contributed by atoms with Crippen LogP contribution >= 0.6 is 7.57 Å². The Morgan fingerprint density at radius 1 is 0.366 bits per heavy atom. The van der Waals surface area contributed by atoms with Gasteiger partial charge in [-0.3, -0.25) is 0 Å². The minimum atomic E-state index is -6.04. The monoisotopic (exact) mass is 635 g/mol. The van der Waals surface area contributed by atoms with Crippen LogP contribution in [0.5, 0.6) is 0 Å². The molecule has 0 aliphatic carbocycles. The third-order valence-electron chi connectivity index (χ3n) is 5.60. The summed E-state index contributed by atoms with van der Waals surface area (Å²) in [5.41, 5.74) is -11.0. The smallest absolute Gasteiger partial charge is 0.166 e. The predicted molar refractivity (Wildman–Crippen MR) is 116 cm³/mol. The van der Waals surface area contributed by atoms with Crippen molar-refractivity contribution in [2.45, 2.75) is 37.8 Å². The van der Waals surface area contributed by atoms with Gasteiger partial charge in [-0.25, -0.2) is 0 Å². The van der Waals surface area contributed by atoms with Gasteiger partial charge < -0.3 is 0 Å². The van der Waals surface area contributed by atoms with E-state index >= 15 is 4.20 Å². The third-order valence-corrected chi connectivity index (χ3v) is 8.51. The Kier molecular flexibility index (Phi) is 7.97. The van der Waals surface area contributed by atoms with Gasteiger partial charge in [0.2, 0.25) is 0 Å². The Bertz CT molecular complexity index is 1300. The molecule has 0 spiro atoms. The van der Waals surface area contributed by atoms with E-state index in [-0.39, 0.29) is 30.3 Å². The fourth-order valence-electron chi connectivity index (χ4n) is 3.78. The second kappa shape index (κ2) is 10.1. The molecule has 0 unspecified atom stereocenters. The Balaban J connectivity index is 2.61. The second-order valence-electron chi connectivity index (χ2n) is 8.67. The maximum atomic E-state index is 17.3. The molecule has 3 aromatic carbocycles. The van der Waals surface area contributed by atoms with Crippen LogP contribution in [0.4, 0.5) is 70.1 Å². The first-order chi connectivity index (χ1) is 18.2. The molecule has 0 aromatic heterocycles. The number of aryl methyl sites for hydroxylation is 1. The number of hydrogen-bond donors (Lipinski definition) is 0. The summed E-state index contributed by atoms with van der Waals surface area (Å²) in [5, 5.41) is -4.80. The highest BCUT2D eigenvalue weighted by atomic mass is 31.2. The summed E-state index contributed by atoms with van der Waals surface area (Å²) in [5.74, 6) is 0. The van der Waals surface area contributed by atoms with E-state index in [2.05, 4.69) is 0 Å². The van der Waals surface area contributed by atoms with E-state index in [0.717, 1.165) is 6.92 Å². The molecule has 0 aliphatic heterocycles. The summed E-state index contributed by atoms with van der Waals surface area (Å²) in [7, 11) is -6.04. The Morgan fingerprint density at radius 3 is 0.829 bits per heavy atom. The molecule has 3 aromatic rings. The highest BCUT2D eigenvalue weighted by Gasteiger charge is 2.53. The quantitative estimate of drug-likeness (QED) is 0.199. The van der Waals surface area contributed by atoms with E-state index in [1.165, 1.54) is 0 Å². The van der Waals surface area contributed by atoms with Crippen molar-refractivity contribution in [2.24, 2.45) is 0 Å². The van der Waals surface area contributed by atoms with Crippen molar-refractivity contribution in [3.05, 3.63) is 88.0 Å². The van der Waals surface area contributed by atoms with Crippen LogP contribution in [0.3, 0.4) is 0 Å². The van der Waals surface area contributed by atoms with Crippen molar-refractivity contribution in [2.75, 3.05) is 0 Å². The van der Waals surface area contributed by atoms with E-state index in [0.29, 0.717) is 12.1 Å². The van der Waals surface area contributed by atoms with Gasteiger partial charge in [-0.2, -0.15) is 65.9 Å². The lowest BCUT2D eigenvalue weighted by Gasteiger charge is -2.23. The lowest BCUT2D eigenvalue weighted by atomic mass is 10.1. The second-order valence-corrected chi connectivity index (χ2v) is 11.4. The molecular weight excluding hydrogens is 623 g/mol. The molecule has 17 heteroatoms. The minimum absolute atomic E-state index is 0.0815. The first-order valence-electron chi connectivity index (χ1n) is 10.6. The van der Waals surface area contributed by atoms with Crippen LogP contribution in [0.1, 0.15) is 33.4 Å². The zero-order chi connectivity index (χ0) is 31.6. The van der Waals surface area contributed by atoms with Gasteiger partial charge in [-0.05, 0) is 71.3 Å². The summed E-state index contributed by atoms with van der Waals surface area (Å²) in [6, 6.07) is -1.33. The molecule has 0 fully saturated rings. The summed E-state index contributed by atoms with van der Waals surface area (Å²) < 4.78 is 220. The lowest BCUT2D eigenvalue weighted by Crippen LogP contribution is -2.32. The van der Waals surface area contributed by atoms with Gasteiger partial charge in [-0.1, -0.05) is 0 Å². The van der Waals surface area contributed by atoms with Crippen LogP contribution in [0.2, 0.25) is 0 Å². The van der Waals surface area contributed by atoms with Gasteiger partial charge in [0.25, 0.3) is 7.57 Å². The molecule has 0 heterocycles. The molecule has 0 saturated carbocycles. The van der Waals surface area contributed by atoms with Crippen molar-refractivity contribution in [3.63, 3.8) is 0 Å². The van der Waals surface area contributed by atoms with Crippen molar-refractivity contribution in [1.29, 1.82) is 0 Å². The normalized spacial score (nSPS) is 14.0. The molecule has 0 saturated heterocycles. The van der Waals surface area contributed by atoms with Crippen LogP contribution < -0.4 is 15.9 Å². The fraction of sp³-hybridized carbons (Fsp3) is 0.250. The van der Waals surface area contributed by atoms with Crippen LogP contribution in [0.15, 0.2) is 54.6 Å². The Labute approximate surface area is 220 Å². The van der Waals surface area contributed by atoms with Gasteiger partial charge in [0, 0.05) is 0 Å². The van der Waals surface area contributed by atoms with E-state index < -0.39 is 99.9 Å². The fourth-order valence-corrected chi connectivity index (χ4v) is 6.65. The van der Waals surface area contributed by atoms with Gasteiger partial charge in [0.1, 0.15) is 15.9 Å². The summed E-state index contributed by atoms with van der Waals surface area (Å²) in [4.78, 5) is 0. The lowest BCUT2D eigenvalue weighted by molar-refractivity contribution is -0.144. The molecule has 0 amide bonds. The van der Waals surface area contributed by atoms with Crippen molar-refractivity contribution >= 4 is 23.5 Å². The zero-order valence-electron chi connectivity index (χ0n) is 19.7. The first-order valence-corrected chi connectivity index (χ1v) is 12.3. The predicted octanol–water partition coefficient (Wildman–Crippen LogP) is 9.27. The van der Waals surface area contributed by atoms with E-state index in [1.54, 1.807) is 0 Å². The number of halogens is 16. The van der Waals surface area contributed by atoms with Crippen molar-refractivity contribution in [3.8, 4) is 0 Å². The summed E-state index contributed by atoms with van der Waals surface area (Å²) in [6.07, 6.45) is -27.9. The molecule has 0 aliphatic rings. The SMILES string of the molecule is Cc1cc(C(F)(F)F)cc([P+](F)(c2cc(C(F)(F)F)cc(C(F)(F)F)c2)c2cc(C(F)(F)F)cc(C(F)(F)F)c2)c1. The number of rotatable bonds is 3. The third kappa shape index (κ3) is 6.90. The maximum Gasteiger partial charge on any atom is 0.416 e. The molecule has 0 atom stereocenters. The van der Waals surface area contributed by atoms with E-state index in [9.17, 15) is 65.9 Å². The number of hydrogen-bond acceptors (Lipinski definition) is 0. The number of alkyl halides is 15. The van der Waals surface area contributed by atoms with Crippen LogP contribution in [0.25, 0.3) is 0 Å². The van der Waals surface area contributed by atoms with Crippen LogP contribution in [-0.2, 0) is 30.9 Å². The molecule has 0 bridgehead atoms.